The van der Waals surface area contributed by atoms with Gasteiger partial charge >= 0.3 is 0 Å². The van der Waals surface area contributed by atoms with E-state index in [4.69, 9.17) is 0 Å². The first-order chi connectivity index (χ1) is 11.3. The van der Waals surface area contributed by atoms with E-state index in [1.807, 2.05) is 0 Å². The monoisotopic (exact) mass is 312 g/mol. The summed E-state index contributed by atoms with van der Waals surface area (Å²) in [5, 5.41) is 9.16. The van der Waals surface area contributed by atoms with Gasteiger partial charge in [0.15, 0.2) is 0 Å². The van der Waals surface area contributed by atoms with Gasteiger partial charge in [-0.2, -0.15) is 10.2 Å². The van der Waals surface area contributed by atoms with Gasteiger partial charge in [-0.05, 0) is 80.5 Å². The summed E-state index contributed by atoms with van der Waals surface area (Å²) in [5.74, 6) is 7.13. The molecule has 0 bridgehead atoms. The van der Waals surface area contributed by atoms with Crippen molar-refractivity contribution in [2.75, 3.05) is 0 Å². The van der Waals surface area contributed by atoms with Crippen molar-refractivity contribution in [3.05, 3.63) is 0 Å². The quantitative estimate of drug-likeness (QED) is 0.645. The van der Waals surface area contributed by atoms with Crippen molar-refractivity contribution in [2.24, 2.45) is 51.6 Å². The third-order valence-corrected chi connectivity index (χ3v) is 8.41. The molecule has 2 nitrogen and oxygen atoms in total. The molecule has 4 aliphatic carbocycles. The maximum atomic E-state index is 4.67. The Balaban J connectivity index is 1.41. The first-order valence-corrected chi connectivity index (χ1v) is 10.5. The highest BCUT2D eigenvalue weighted by Crippen LogP contribution is 2.61. The highest BCUT2D eigenvalue weighted by Gasteiger charge is 2.54. The SMILES string of the molecule is CCC1=NN=C(C2CCC3CCC4CCCC5CCC2C3C45)C1. The average molecular weight is 313 g/mol. The number of nitrogens with zero attached hydrogens (tertiary/aromatic N) is 2. The molecule has 0 saturated heterocycles. The van der Waals surface area contributed by atoms with Crippen molar-refractivity contribution in [2.45, 2.75) is 77.6 Å². The van der Waals surface area contributed by atoms with Gasteiger partial charge in [-0.15, -0.1) is 0 Å². The summed E-state index contributed by atoms with van der Waals surface area (Å²) < 4.78 is 0. The van der Waals surface area contributed by atoms with E-state index in [0.717, 1.165) is 54.3 Å². The fourth-order valence-corrected chi connectivity index (χ4v) is 7.53. The van der Waals surface area contributed by atoms with Crippen LogP contribution in [0.3, 0.4) is 0 Å². The average Bonchev–Trinajstić information content (AvgIpc) is 3.08. The Labute approximate surface area is 141 Å². The van der Waals surface area contributed by atoms with E-state index >= 15 is 0 Å². The summed E-state index contributed by atoms with van der Waals surface area (Å²) in [6, 6.07) is 0. The van der Waals surface area contributed by atoms with Crippen molar-refractivity contribution >= 4 is 11.4 Å². The smallest absolute Gasteiger partial charge is 0.0496 e. The van der Waals surface area contributed by atoms with E-state index in [1.165, 1.54) is 43.5 Å². The van der Waals surface area contributed by atoms with Crippen molar-refractivity contribution in [3.63, 3.8) is 0 Å². The summed E-state index contributed by atoms with van der Waals surface area (Å²) in [6.45, 7) is 2.23. The van der Waals surface area contributed by atoms with E-state index in [2.05, 4.69) is 17.1 Å². The zero-order valence-corrected chi connectivity index (χ0v) is 14.7. The minimum absolute atomic E-state index is 0.783. The highest BCUT2D eigenvalue weighted by atomic mass is 15.2. The van der Waals surface area contributed by atoms with Crippen LogP contribution < -0.4 is 0 Å². The third-order valence-electron chi connectivity index (χ3n) is 8.41. The molecular weight excluding hydrogens is 280 g/mol. The van der Waals surface area contributed by atoms with Crippen LogP contribution in [-0.4, -0.2) is 11.4 Å². The fraction of sp³-hybridized carbons (Fsp3) is 0.905. The first kappa shape index (κ1) is 14.7. The first-order valence-electron chi connectivity index (χ1n) is 10.5. The lowest BCUT2D eigenvalue weighted by Gasteiger charge is -2.59. The van der Waals surface area contributed by atoms with Crippen molar-refractivity contribution in [1.29, 1.82) is 0 Å². The van der Waals surface area contributed by atoms with Crippen LogP contribution >= 0.6 is 0 Å². The van der Waals surface area contributed by atoms with Gasteiger partial charge in [0.05, 0.1) is 0 Å². The molecule has 4 fully saturated rings. The standard InChI is InChI=1S/C21H32N2/c1-2-16-12-19(23-22-16)17-10-8-15-7-6-13-4-3-5-14-9-11-18(17)21(15)20(13)14/h13-15,17-18,20-21H,2-12H2,1H3. The molecule has 0 spiro atoms. The van der Waals surface area contributed by atoms with Gasteiger partial charge in [0.1, 0.15) is 0 Å². The van der Waals surface area contributed by atoms with E-state index in [1.54, 1.807) is 25.7 Å². The molecule has 5 aliphatic rings. The van der Waals surface area contributed by atoms with Gasteiger partial charge in [0, 0.05) is 23.8 Å². The number of hydrogen-bond acceptors (Lipinski definition) is 2. The van der Waals surface area contributed by atoms with Crippen LogP contribution in [0.5, 0.6) is 0 Å². The topological polar surface area (TPSA) is 24.7 Å². The molecule has 7 atom stereocenters. The zero-order chi connectivity index (χ0) is 15.4. The Bertz CT molecular complexity index is 528. The van der Waals surface area contributed by atoms with Gasteiger partial charge in [-0.1, -0.05) is 26.2 Å². The second-order valence-electron chi connectivity index (χ2n) is 9.16. The molecule has 0 amide bonds. The summed E-state index contributed by atoms with van der Waals surface area (Å²) in [5.41, 5.74) is 2.80. The molecule has 1 aliphatic heterocycles. The molecule has 1 heterocycles. The van der Waals surface area contributed by atoms with Crippen LogP contribution in [0.4, 0.5) is 0 Å². The number of rotatable bonds is 2. The van der Waals surface area contributed by atoms with Gasteiger partial charge in [-0.25, -0.2) is 0 Å². The summed E-state index contributed by atoms with van der Waals surface area (Å²) >= 11 is 0. The van der Waals surface area contributed by atoms with Crippen LogP contribution in [0.25, 0.3) is 0 Å². The Morgan fingerprint density at radius 3 is 2.22 bits per heavy atom. The van der Waals surface area contributed by atoms with E-state index in [0.29, 0.717) is 0 Å². The Hall–Kier alpha value is -0.660. The van der Waals surface area contributed by atoms with Crippen molar-refractivity contribution in [3.8, 4) is 0 Å². The normalized spacial score (nSPS) is 48.5. The molecule has 7 unspecified atom stereocenters. The lowest BCUT2D eigenvalue weighted by atomic mass is 9.46. The molecule has 0 aromatic carbocycles. The molecule has 126 valence electrons. The molecule has 0 radical (unpaired) electrons. The Morgan fingerprint density at radius 2 is 1.48 bits per heavy atom. The lowest BCUT2D eigenvalue weighted by Crippen LogP contribution is -2.52. The van der Waals surface area contributed by atoms with E-state index < -0.39 is 0 Å². The van der Waals surface area contributed by atoms with Gasteiger partial charge in [0.25, 0.3) is 0 Å². The largest absolute Gasteiger partial charge is 0.160 e. The van der Waals surface area contributed by atoms with Crippen LogP contribution in [0.1, 0.15) is 77.6 Å². The summed E-state index contributed by atoms with van der Waals surface area (Å²) in [6.07, 6.45) is 15.8. The maximum absolute atomic E-state index is 4.67. The molecular formula is C21H32N2. The number of hydrogen-bond donors (Lipinski definition) is 0. The van der Waals surface area contributed by atoms with E-state index in [9.17, 15) is 0 Å². The van der Waals surface area contributed by atoms with Gasteiger partial charge in [-0.3, -0.25) is 0 Å². The molecule has 2 heteroatoms. The van der Waals surface area contributed by atoms with Crippen LogP contribution in [0, 0.1) is 41.4 Å². The van der Waals surface area contributed by atoms with Crippen molar-refractivity contribution in [1.82, 2.24) is 0 Å². The van der Waals surface area contributed by atoms with Crippen LogP contribution in [0.2, 0.25) is 0 Å². The van der Waals surface area contributed by atoms with Crippen LogP contribution in [-0.2, 0) is 0 Å². The molecule has 0 N–H and O–H groups in total. The second-order valence-corrected chi connectivity index (χ2v) is 9.16. The minimum Gasteiger partial charge on any atom is -0.160 e. The molecule has 5 rings (SSSR count). The molecule has 23 heavy (non-hydrogen) atoms. The highest BCUT2D eigenvalue weighted by molar-refractivity contribution is 6.08. The van der Waals surface area contributed by atoms with Gasteiger partial charge in [0.2, 0.25) is 0 Å². The molecule has 0 aromatic heterocycles. The predicted octanol–water partition coefficient (Wildman–Crippen LogP) is 5.48. The third kappa shape index (κ3) is 2.27. The molecule has 0 aromatic rings. The second kappa shape index (κ2) is 5.70. The van der Waals surface area contributed by atoms with Gasteiger partial charge < -0.3 is 0 Å². The Morgan fingerprint density at radius 1 is 0.783 bits per heavy atom. The summed E-state index contributed by atoms with van der Waals surface area (Å²) in [7, 11) is 0. The van der Waals surface area contributed by atoms with Crippen molar-refractivity contribution < 1.29 is 0 Å². The van der Waals surface area contributed by atoms with Crippen LogP contribution in [0.15, 0.2) is 10.2 Å². The predicted molar refractivity (Wildman–Crippen MR) is 95.8 cm³/mol. The molecule has 4 saturated carbocycles. The van der Waals surface area contributed by atoms with E-state index in [-0.39, 0.29) is 0 Å². The fourth-order valence-electron chi connectivity index (χ4n) is 7.53. The summed E-state index contributed by atoms with van der Waals surface area (Å²) in [4.78, 5) is 0. The zero-order valence-electron chi connectivity index (χ0n) is 14.7. The lowest BCUT2D eigenvalue weighted by molar-refractivity contribution is -0.0861. The minimum atomic E-state index is 0.783. The maximum Gasteiger partial charge on any atom is 0.0496 e. The Kier molecular flexibility index (Phi) is 3.64.